The minimum Gasteiger partial charge on any atom is -0.354 e. The second-order valence-corrected chi connectivity index (χ2v) is 6.60. The Morgan fingerprint density at radius 1 is 1.12 bits per heavy atom. The van der Waals surface area contributed by atoms with Crippen LogP contribution in [-0.4, -0.2) is 18.6 Å². The van der Waals surface area contributed by atoms with Gasteiger partial charge in [-0.2, -0.15) is 0 Å². The van der Waals surface area contributed by atoms with Gasteiger partial charge in [0.1, 0.15) is 17.4 Å². The van der Waals surface area contributed by atoms with E-state index in [1.807, 2.05) is 0 Å². The summed E-state index contributed by atoms with van der Waals surface area (Å²) in [6.45, 7) is 0. The predicted octanol–water partition coefficient (Wildman–Crippen LogP) is 2.96. The van der Waals surface area contributed by atoms with Gasteiger partial charge in [0.2, 0.25) is 10.0 Å². The van der Waals surface area contributed by atoms with Gasteiger partial charge in [0, 0.05) is 29.6 Å². The van der Waals surface area contributed by atoms with Gasteiger partial charge in [-0.25, -0.2) is 17.2 Å². The summed E-state index contributed by atoms with van der Waals surface area (Å²) in [5.74, 6) is -2.52. The number of anilines is 1. The number of rotatable bonds is 5. The van der Waals surface area contributed by atoms with Crippen LogP contribution in [0.2, 0.25) is 0 Å². The van der Waals surface area contributed by atoms with Crippen LogP contribution in [0.3, 0.4) is 0 Å². The summed E-state index contributed by atoms with van der Waals surface area (Å²) >= 11 is 0. The smallest absolute Gasteiger partial charge is 0.238 e. The number of nitrogens with one attached hydrogen (secondary N) is 1. The largest absolute Gasteiger partial charge is 0.354 e. The van der Waals surface area contributed by atoms with Gasteiger partial charge in [-0.15, -0.1) is 0 Å². The molecule has 1 N–H and O–H groups in total. The summed E-state index contributed by atoms with van der Waals surface area (Å²) in [5.41, 5.74) is 0.0663. The standard InChI is InChI=1S/C15H11F2N3O3S/c16-12-4-1-5-13(17)11(12)9-24(21,22)20-15-7-14(23-19-15)10-3-2-6-18-8-10/h1-8H,9H2,(H,19,20). The first-order valence-electron chi connectivity index (χ1n) is 6.75. The summed E-state index contributed by atoms with van der Waals surface area (Å²) in [4.78, 5) is 3.91. The maximum Gasteiger partial charge on any atom is 0.238 e. The van der Waals surface area contributed by atoms with Crippen molar-refractivity contribution in [1.82, 2.24) is 10.1 Å². The van der Waals surface area contributed by atoms with Crippen LogP contribution in [0, 0.1) is 11.6 Å². The molecule has 0 fully saturated rings. The van der Waals surface area contributed by atoms with Gasteiger partial charge >= 0.3 is 0 Å². The maximum absolute atomic E-state index is 13.6. The minimum atomic E-state index is -4.07. The number of benzene rings is 1. The van der Waals surface area contributed by atoms with Crippen molar-refractivity contribution in [1.29, 1.82) is 0 Å². The number of pyridine rings is 1. The molecule has 0 aliphatic rings. The van der Waals surface area contributed by atoms with E-state index in [0.29, 0.717) is 11.3 Å². The molecule has 6 nitrogen and oxygen atoms in total. The molecular weight excluding hydrogens is 340 g/mol. The number of nitrogens with zero attached hydrogens (tertiary/aromatic N) is 2. The third-order valence-corrected chi connectivity index (χ3v) is 4.30. The summed E-state index contributed by atoms with van der Waals surface area (Å²) < 4.78 is 58.5. The van der Waals surface area contributed by atoms with E-state index < -0.39 is 33.0 Å². The molecule has 0 aliphatic carbocycles. The lowest BCUT2D eigenvalue weighted by atomic mass is 10.2. The van der Waals surface area contributed by atoms with Crippen LogP contribution in [0.1, 0.15) is 5.56 Å². The van der Waals surface area contributed by atoms with Crippen LogP contribution in [0.4, 0.5) is 14.6 Å². The molecule has 124 valence electrons. The molecule has 0 spiro atoms. The van der Waals surface area contributed by atoms with Gasteiger partial charge in [-0.05, 0) is 24.3 Å². The van der Waals surface area contributed by atoms with Crippen molar-refractivity contribution >= 4 is 15.8 Å². The summed E-state index contributed by atoms with van der Waals surface area (Å²) in [5, 5.41) is 3.58. The van der Waals surface area contributed by atoms with E-state index in [4.69, 9.17) is 4.52 Å². The molecule has 0 saturated carbocycles. The fourth-order valence-corrected chi connectivity index (χ4v) is 3.17. The highest BCUT2D eigenvalue weighted by molar-refractivity contribution is 7.91. The maximum atomic E-state index is 13.6. The first-order chi connectivity index (χ1) is 11.4. The Labute approximate surface area is 136 Å². The van der Waals surface area contributed by atoms with Crippen LogP contribution in [0.5, 0.6) is 0 Å². The predicted molar refractivity (Wildman–Crippen MR) is 82.3 cm³/mol. The van der Waals surface area contributed by atoms with Crippen molar-refractivity contribution in [3.05, 3.63) is 66.0 Å². The fourth-order valence-electron chi connectivity index (χ4n) is 2.02. The minimum absolute atomic E-state index is 0.0920. The zero-order valence-corrected chi connectivity index (χ0v) is 12.9. The van der Waals surface area contributed by atoms with Gasteiger partial charge in [-0.1, -0.05) is 11.2 Å². The number of hydrogen-bond donors (Lipinski definition) is 1. The first kappa shape index (κ1) is 16.1. The number of sulfonamides is 1. The Hall–Kier alpha value is -2.81. The first-order valence-corrected chi connectivity index (χ1v) is 8.40. The third-order valence-electron chi connectivity index (χ3n) is 3.11. The van der Waals surface area contributed by atoms with Gasteiger partial charge in [0.05, 0.1) is 0 Å². The highest BCUT2D eigenvalue weighted by Gasteiger charge is 2.20. The lowest BCUT2D eigenvalue weighted by molar-refractivity contribution is 0.435. The quantitative estimate of drug-likeness (QED) is 0.764. The van der Waals surface area contributed by atoms with Crippen LogP contribution in [0.15, 0.2) is 53.3 Å². The van der Waals surface area contributed by atoms with Crippen LogP contribution in [-0.2, 0) is 15.8 Å². The van der Waals surface area contributed by atoms with Crippen molar-refractivity contribution in [2.45, 2.75) is 5.75 Å². The van der Waals surface area contributed by atoms with Crippen molar-refractivity contribution in [2.75, 3.05) is 4.72 Å². The molecule has 3 rings (SSSR count). The van der Waals surface area contributed by atoms with Crippen LogP contribution in [0.25, 0.3) is 11.3 Å². The highest BCUT2D eigenvalue weighted by atomic mass is 32.2. The van der Waals surface area contributed by atoms with E-state index in [1.54, 1.807) is 18.3 Å². The molecule has 0 unspecified atom stereocenters. The molecule has 0 radical (unpaired) electrons. The average molecular weight is 351 g/mol. The molecule has 1 aromatic carbocycles. The molecule has 0 amide bonds. The molecule has 2 heterocycles. The summed E-state index contributed by atoms with van der Waals surface area (Å²) in [6.07, 6.45) is 3.10. The van der Waals surface area contributed by atoms with Gasteiger partial charge < -0.3 is 4.52 Å². The molecule has 3 aromatic rings. The fraction of sp³-hybridized carbons (Fsp3) is 0.0667. The van der Waals surface area contributed by atoms with Gasteiger partial charge in [-0.3, -0.25) is 9.71 Å². The van der Waals surface area contributed by atoms with Gasteiger partial charge in [0.25, 0.3) is 0 Å². The molecule has 0 saturated heterocycles. The third kappa shape index (κ3) is 3.57. The zero-order valence-electron chi connectivity index (χ0n) is 12.1. The lowest BCUT2D eigenvalue weighted by Crippen LogP contribution is -2.17. The molecule has 0 bridgehead atoms. The van der Waals surface area contributed by atoms with E-state index in [2.05, 4.69) is 14.9 Å². The SMILES string of the molecule is O=S(=O)(Cc1c(F)cccc1F)Nc1cc(-c2cccnc2)on1. The van der Waals surface area contributed by atoms with Crippen molar-refractivity contribution in [2.24, 2.45) is 0 Å². The van der Waals surface area contributed by atoms with E-state index >= 15 is 0 Å². The van der Waals surface area contributed by atoms with Crippen molar-refractivity contribution in [3.63, 3.8) is 0 Å². The molecule has 9 heteroatoms. The Bertz CT molecular complexity index is 939. The highest BCUT2D eigenvalue weighted by Crippen LogP contribution is 2.23. The Balaban J connectivity index is 1.79. The lowest BCUT2D eigenvalue weighted by Gasteiger charge is -2.06. The molecular formula is C15H11F2N3O3S. The molecule has 0 atom stereocenters. The van der Waals surface area contributed by atoms with E-state index in [9.17, 15) is 17.2 Å². The molecule has 0 aliphatic heterocycles. The molecule has 2 aromatic heterocycles. The van der Waals surface area contributed by atoms with Gasteiger partial charge in [0.15, 0.2) is 11.6 Å². The van der Waals surface area contributed by atoms with E-state index in [-0.39, 0.29) is 5.82 Å². The topological polar surface area (TPSA) is 85.1 Å². The Morgan fingerprint density at radius 3 is 2.54 bits per heavy atom. The van der Waals surface area contributed by atoms with E-state index in [0.717, 1.165) is 18.2 Å². The number of aromatic nitrogens is 2. The summed E-state index contributed by atoms with van der Waals surface area (Å²) in [6, 6.07) is 7.89. The zero-order chi connectivity index (χ0) is 17.2. The molecule has 24 heavy (non-hydrogen) atoms. The normalized spacial score (nSPS) is 11.4. The number of hydrogen-bond acceptors (Lipinski definition) is 5. The summed E-state index contributed by atoms with van der Waals surface area (Å²) in [7, 11) is -4.07. The van der Waals surface area contributed by atoms with E-state index in [1.165, 1.54) is 12.3 Å². The second kappa shape index (κ2) is 6.36. The average Bonchev–Trinajstić information content (AvgIpc) is 3.00. The van der Waals surface area contributed by atoms with Crippen LogP contribution >= 0.6 is 0 Å². The van der Waals surface area contributed by atoms with Crippen molar-refractivity contribution < 1.29 is 21.7 Å². The van der Waals surface area contributed by atoms with Crippen molar-refractivity contribution in [3.8, 4) is 11.3 Å². The second-order valence-electron chi connectivity index (χ2n) is 4.88. The monoisotopic (exact) mass is 351 g/mol. The Morgan fingerprint density at radius 2 is 1.88 bits per heavy atom. The Kier molecular flexibility index (Phi) is 4.26. The number of halogens is 2. The van der Waals surface area contributed by atoms with Crippen LogP contribution < -0.4 is 4.72 Å².